The van der Waals surface area contributed by atoms with Gasteiger partial charge in [0.25, 0.3) is 0 Å². The van der Waals surface area contributed by atoms with Crippen LogP contribution in [-0.2, 0) is 19.8 Å². The SMILES string of the molecule is OCc1cc(OCc2ccccc2)c(Br)c(OCc2ccccc2)c1. The lowest BCUT2D eigenvalue weighted by atomic mass is 10.2. The van der Waals surface area contributed by atoms with Crippen molar-refractivity contribution in [2.24, 2.45) is 0 Å². The average molecular weight is 399 g/mol. The maximum Gasteiger partial charge on any atom is 0.138 e. The van der Waals surface area contributed by atoms with Crippen molar-refractivity contribution < 1.29 is 14.6 Å². The average Bonchev–Trinajstić information content (AvgIpc) is 2.68. The Bertz CT molecular complexity index is 739. The quantitative estimate of drug-likeness (QED) is 0.601. The highest BCUT2D eigenvalue weighted by molar-refractivity contribution is 9.10. The van der Waals surface area contributed by atoms with Gasteiger partial charge in [-0.2, -0.15) is 0 Å². The third kappa shape index (κ3) is 4.84. The van der Waals surface area contributed by atoms with Crippen molar-refractivity contribution in [1.29, 1.82) is 0 Å². The molecular formula is C21H19BrO3. The summed E-state index contributed by atoms with van der Waals surface area (Å²) in [6.07, 6.45) is 0. The third-order valence-electron chi connectivity index (χ3n) is 3.72. The van der Waals surface area contributed by atoms with Crippen molar-refractivity contribution in [3.05, 3.63) is 94.0 Å². The summed E-state index contributed by atoms with van der Waals surface area (Å²) in [5.41, 5.74) is 2.90. The lowest BCUT2D eigenvalue weighted by Crippen LogP contribution is -2.01. The summed E-state index contributed by atoms with van der Waals surface area (Å²) in [5, 5.41) is 9.52. The number of benzene rings is 3. The molecule has 0 amide bonds. The molecule has 0 spiro atoms. The van der Waals surface area contributed by atoms with Crippen molar-refractivity contribution >= 4 is 15.9 Å². The fourth-order valence-electron chi connectivity index (χ4n) is 2.40. The molecule has 4 heteroatoms. The second-order valence-electron chi connectivity index (χ2n) is 5.61. The van der Waals surface area contributed by atoms with Gasteiger partial charge in [0.15, 0.2) is 0 Å². The smallest absolute Gasteiger partial charge is 0.138 e. The normalized spacial score (nSPS) is 10.5. The molecule has 3 aromatic rings. The predicted octanol–water partition coefficient (Wildman–Crippen LogP) is 5.10. The third-order valence-corrected chi connectivity index (χ3v) is 4.50. The molecule has 3 aromatic carbocycles. The molecule has 0 fully saturated rings. The van der Waals surface area contributed by atoms with Crippen molar-refractivity contribution in [2.45, 2.75) is 19.8 Å². The number of hydrogen-bond donors (Lipinski definition) is 1. The van der Waals surface area contributed by atoms with Crippen molar-refractivity contribution in [1.82, 2.24) is 0 Å². The van der Waals surface area contributed by atoms with E-state index in [0.717, 1.165) is 21.2 Å². The monoisotopic (exact) mass is 398 g/mol. The zero-order valence-electron chi connectivity index (χ0n) is 13.7. The molecule has 128 valence electrons. The number of rotatable bonds is 7. The summed E-state index contributed by atoms with van der Waals surface area (Å²) in [7, 11) is 0. The molecule has 1 N–H and O–H groups in total. The Morgan fingerprint density at radius 2 is 1.12 bits per heavy atom. The van der Waals surface area contributed by atoms with Crippen LogP contribution in [-0.4, -0.2) is 5.11 Å². The molecule has 0 heterocycles. The van der Waals surface area contributed by atoms with Crippen molar-refractivity contribution in [2.75, 3.05) is 0 Å². The Kier molecular flexibility index (Phi) is 6.09. The Morgan fingerprint density at radius 1 is 0.680 bits per heavy atom. The maximum atomic E-state index is 9.52. The molecule has 0 aliphatic carbocycles. The van der Waals surface area contributed by atoms with Crippen LogP contribution in [0.1, 0.15) is 16.7 Å². The van der Waals surface area contributed by atoms with E-state index in [0.29, 0.717) is 24.7 Å². The van der Waals surface area contributed by atoms with Crippen molar-refractivity contribution in [3.8, 4) is 11.5 Å². The second-order valence-corrected chi connectivity index (χ2v) is 6.41. The maximum absolute atomic E-state index is 9.52. The first-order valence-corrected chi connectivity index (χ1v) is 8.82. The Morgan fingerprint density at radius 3 is 1.52 bits per heavy atom. The minimum Gasteiger partial charge on any atom is -0.488 e. The van der Waals surface area contributed by atoms with Gasteiger partial charge in [0.05, 0.1) is 6.61 Å². The molecule has 0 aromatic heterocycles. The summed E-state index contributed by atoms with van der Waals surface area (Å²) < 4.78 is 12.6. The Balaban J connectivity index is 1.76. The van der Waals surface area contributed by atoms with Gasteiger partial charge in [-0.15, -0.1) is 0 Å². The Labute approximate surface area is 156 Å². The molecule has 0 radical (unpaired) electrons. The van der Waals surface area contributed by atoms with Crippen LogP contribution < -0.4 is 9.47 Å². The van der Waals surface area contributed by atoms with Crippen molar-refractivity contribution in [3.63, 3.8) is 0 Å². The zero-order chi connectivity index (χ0) is 17.5. The van der Waals surface area contributed by atoms with Gasteiger partial charge < -0.3 is 14.6 Å². The van der Waals surface area contributed by atoms with Gasteiger partial charge in [-0.1, -0.05) is 60.7 Å². The fraction of sp³-hybridized carbons (Fsp3) is 0.143. The molecule has 25 heavy (non-hydrogen) atoms. The van der Waals surface area contributed by atoms with E-state index >= 15 is 0 Å². The minimum atomic E-state index is -0.0727. The van der Waals surface area contributed by atoms with Gasteiger partial charge in [-0.25, -0.2) is 0 Å². The van der Waals surface area contributed by atoms with E-state index in [1.54, 1.807) is 0 Å². The van der Waals surface area contributed by atoms with Gasteiger partial charge in [0, 0.05) is 0 Å². The molecule has 0 saturated heterocycles. The van der Waals surface area contributed by atoms with E-state index in [-0.39, 0.29) is 6.61 Å². The van der Waals surface area contributed by atoms with Crippen LogP contribution in [0.2, 0.25) is 0 Å². The van der Waals surface area contributed by atoms with Gasteiger partial charge in [-0.05, 0) is 44.8 Å². The molecule has 0 aliphatic heterocycles. The van der Waals surface area contributed by atoms with Crippen LogP contribution in [0.4, 0.5) is 0 Å². The molecule has 0 saturated carbocycles. The van der Waals surface area contributed by atoms with Crippen LogP contribution in [0, 0.1) is 0 Å². The van der Waals surface area contributed by atoms with Crippen LogP contribution >= 0.6 is 15.9 Å². The molecule has 0 unspecified atom stereocenters. The molecule has 0 atom stereocenters. The fourth-order valence-corrected chi connectivity index (χ4v) is 2.86. The Hall–Kier alpha value is -2.30. The summed E-state index contributed by atoms with van der Waals surface area (Å²) in [4.78, 5) is 0. The molecule has 0 bridgehead atoms. The van der Waals surface area contributed by atoms with Crippen LogP contribution in [0.25, 0.3) is 0 Å². The van der Waals surface area contributed by atoms with E-state index in [4.69, 9.17) is 9.47 Å². The number of halogens is 1. The molecule has 3 rings (SSSR count). The van der Waals surface area contributed by atoms with E-state index in [9.17, 15) is 5.11 Å². The molecular weight excluding hydrogens is 380 g/mol. The number of hydrogen-bond acceptors (Lipinski definition) is 3. The lowest BCUT2D eigenvalue weighted by Gasteiger charge is -2.15. The van der Waals surface area contributed by atoms with E-state index in [1.165, 1.54) is 0 Å². The number of aliphatic hydroxyl groups is 1. The van der Waals surface area contributed by atoms with Gasteiger partial charge in [-0.3, -0.25) is 0 Å². The highest BCUT2D eigenvalue weighted by atomic mass is 79.9. The van der Waals surface area contributed by atoms with Crippen LogP contribution in [0.5, 0.6) is 11.5 Å². The van der Waals surface area contributed by atoms with Gasteiger partial charge >= 0.3 is 0 Å². The van der Waals surface area contributed by atoms with Crippen LogP contribution in [0.3, 0.4) is 0 Å². The highest BCUT2D eigenvalue weighted by Gasteiger charge is 2.12. The standard InChI is InChI=1S/C21H19BrO3/c22-21-19(24-14-16-7-3-1-4-8-16)11-18(13-23)12-20(21)25-15-17-9-5-2-6-10-17/h1-12,23H,13-15H2. The topological polar surface area (TPSA) is 38.7 Å². The first kappa shape index (κ1) is 17.5. The first-order chi connectivity index (χ1) is 12.3. The summed E-state index contributed by atoms with van der Waals surface area (Å²) in [5.74, 6) is 1.30. The number of aliphatic hydroxyl groups excluding tert-OH is 1. The van der Waals surface area contributed by atoms with E-state index < -0.39 is 0 Å². The summed E-state index contributed by atoms with van der Waals surface area (Å²) in [6.45, 7) is 0.829. The summed E-state index contributed by atoms with van der Waals surface area (Å²) >= 11 is 3.56. The number of ether oxygens (including phenoxy) is 2. The summed E-state index contributed by atoms with van der Waals surface area (Å²) in [6, 6.07) is 23.5. The van der Waals surface area contributed by atoms with E-state index in [1.807, 2.05) is 72.8 Å². The minimum absolute atomic E-state index is 0.0727. The molecule has 0 aliphatic rings. The largest absolute Gasteiger partial charge is 0.488 e. The van der Waals surface area contributed by atoms with Gasteiger partial charge in [0.2, 0.25) is 0 Å². The molecule has 3 nitrogen and oxygen atoms in total. The van der Waals surface area contributed by atoms with Crippen LogP contribution in [0.15, 0.2) is 77.3 Å². The first-order valence-electron chi connectivity index (χ1n) is 8.03. The van der Waals surface area contributed by atoms with Gasteiger partial charge in [0.1, 0.15) is 29.2 Å². The zero-order valence-corrected chi connectivity index (χ0v) is 15.3. The second kappa shape index (κ2) is 8.70. The highest BCUT2D eigenvalue weighted by Crippen LogP contribution is 2.37. The predicted molar refractivity (Wildman–Crippen MR) is 102 cm³/mol. The lowest BCUT2D eigenvalue weighted by molar-refractivity contribution is 0.269. The van der Waals surface area contributed by atoms with E-state index in [2.05, 4.69) is 15.9 Å².